The summed E-state index contributed by atoms with van der Waals surface area (Å²) in [7, 11) is 0. The number of rotatable bonds is 4. The van der Waals surface area contributed by atoms with Crippen molar-refractivity contribution in [2.45, 2.75) is 37.6 Å². The van der Waals surface area contributed by atoms with Crippen molar-refractivity contribution in [1.29, 1.82) is 0 Å². The van der Waals surface area contributed by atoms with Crippen LogP contribution in [0.25, 0.3) is 0 Å². The molecule has 1 amide bonds. The Hall–Kier alpha value is -1.07. The third-order valence-corrected chi connectivity index (χ3v) is 4.42. The van der Waals surface area contributed by atoms with E-state index in [0.717, 1.165) is 17.3 Å². The van der Waals surface area contributed by atoms with Gasteiger partial charge in [0.25, 0.3) is 5.91 Å². The van der Waals surface area contributed by atoms with Crippen molar-refractivity contribution in [1.82, 2.24) is 5.32 Å². The van der Waals surface area contributed by atoms with Crippen LogP contribution in [0.4, 0.5) is 0 Å². The number of amides is 1. The van der Waals surface area contributed by atoms with E-state index in [9.17, 15) is 9.59 Å². The second kappa shape index (κ2) is 6.14. The molecule has 0 saturated heterocycles. The Morgan fingerprint density at radius 1 is 1.35 bits per heavy atom. The highest BCUT2D eigenvalue weighted by atomic mass is 79.9. The predicted molar refractivity (Wildman–Crippen MR) is 80.1 cm³/mol. The molecule has 1 aliphatic carbocycles. The van der Waals surface area contributed by atoms with Crippen molar-refractivity contribution in [3.8, 4) is 0 Å². The van der Waals surface area contributed by atoms with Crippen molar-refractivity contribution in [2.75, 3.05) is 0 Å². The van der Waals surface area contributed by atoms with Gasteiger partial charge in [0.1, 0.15) is 0 Å². The zero-order chi connectivity index (χ0) is 14.8. The van der Waals surface area contributed by atoms with Crippen molar-refractivity contribution in [3.63, 3.8) is 0 Å². The van der Waals surface area contributed by atoms with Gasteiger partial charge in [0, 0.05) is 4.47 Å². The lowest BCUT2D eigenvalue weighted by atomic mass is 9.92. The van der Waals surface area contributed by atoms with Crippen molar-refractivity contribution in [2.24, 2.45) is 0 Å². The van der Waals surface area contributed by atoms with Crippen LogP contribution in [0.3, 0.4) is 0 Å². The van der Waals surface area contributed by atoms with Gasteiger partial charge in [-0.3, -0.25) is 9.59 Å². The van der Waals surface area contributed by atoms with Crippen LogP contribution < -0.4 is 5.32 Å². The van der Waals surface area contributed by atoms with Gasteiger partial charge in [0.05, 0.1) is 22.5 Å². The minimum atomic E-state index is -0.896. The molecule has 1 aliphatic rings. The molecule has 0 aliphatic heterocycles. The van der Waals surface area contributed by atoms with Crippen molar-refractivity contribution >= 4 is 39.4 Å². The average Bonchev–Trinajstić information content (AvgIpc) is 2.79. The fourth-order valence-electron chi connectivity index (χ4n) is 2.67. The van der Waals surface area contributed by atoms with E-state index >= 15 is 0 Å². The van der Waals surface area contributed by atoms with Crippen LogP contribution in [0.1, 0.15) is 42.5 Å². The van der Waals surface area contributed by atoms with E-state index in [-0.39, 0.29) is 12.3 Å². The molecule has 0 heterocycles. The van der Waals surface area contributed by atoms with E-state index < -0.39 is 11.5 Å². The van der Waals surface area contributed by atoms with Crippen LogP contribution in [0.2, 0.25) is 5.02 Å². The fourth-order valence-corrected chi connectivity index (χ4v) is 3.23. The normalized spacial score (nSPS) is 16.9. The van der Waals surface area contributed by atoms with E-state index in [0.29, 0.717) is 23.4 Å². The van der Waals surface area contributed by atoms with Gasteiger partial charge in [-0.25, -0.2) is 0 Å². The number of carbonyl (C=O) groups is 2. The molecule has 0 unspecified atom stereocenters. The fraction of sp³-hybridized carbons (Fsp3) is 0.429. The number of hydrogen-bond acceptors (Lipinski definition) is 2. The highest BCUT2D eigenvalue weighted by Crippen LogP contribution is 2.33. The molecule has 20 heavy (non-hydrogen) atoms. The Kier molecular flexibility index (Phi) is 4.70. The Labute approximate surface area is 130 Å². The lowest BCUT2D eigenvalue weighted by Gasteiger charge is -2.28. The molecule has 6 heteroatoms. The summed E-state index contributed by atoms with van der Waals surface area (Å²) in [6.45, 7) is 0. The lowest BCUT2D eigenvalue weighted by molar-refractivity contribution is -0.138. The van der Waals surface area contributed by atoms with E-state index in [1.165, 1.54) is 0 Å². The van der Waals surface area contributed by atoms with Gasteiger partial charge >= 0.3 is 5.97 Å². The SMILES string of the molecule is O=C(O)CC1(NC(=O)c2cc(Br)ccc2Cl)CCCC1. The molecule has 2 rings (SSSR count). The summed E-state index contributed by atoms with van der Waals surface area (Å²) in [5.74, 6) is -1.22. The van der Waals surface area contributed by atoms with Gasteiger partial charge in [0.2, 0.25) is 0 Å². The zero-order valence-corrected chi connectivity index (χ0v) is 13.1. The van der Waals surface area contributed by atoms with Crippen LogP contribution in [-0.4, -0.2) is 22.5 Å². The number of carbonyl (C=O) groups excluding carboxylic acids is 1. The molecule has 4 nitrogen and oxygen atoms in total. The molecule has 1 fully saturated rings. The zero-order valence-electron chi connectivity index (χ0n) is 10.8. The van der Waals surface area contributed by atoms with Crippen molar-refractivity contribution in [3.05, 3.63) is 33.3 Å². The summed E-state index contributed by atoms with van der Waals surface area (Å²) in [4.78, 5) is 23.4. The monoisotopic (exact) mass is 359 g/mol. The number of carboxylic acid groups (broad SMARTS) is 1. The van der Waals surface area contributed by atoms with Gasteiger partial charge < -0.3 is 10.4 Å². The van der Waals surface area contributed by atoms with Crippen LogP contribution in [0.5, 0.6) is 0 Å². The van der Waals surface area contributed by atoms with Crippen LogP contribution in [0.15, 0.2) is 22.7 Å². The van der Waals surface area contributed by atoms with Crippen LogP contribution in [0, 0.1) is 0 Å². The molecule has 0 spiro atoms. The number of nitrogens with one attached hydrogen (secondary N) is 1. The minimum absolute atomic E-state index is 0.0512. The minimum Gasteiger partial charge on any atom is -0.481 e. The Balaban J connectivity index is 2.20. The van der Waals surface area contributed by atoms with Gasteiger partial charge in [-0.15, -0.1) is 0 Å². The molecule has 0 radical (unpaired) electrons. The number of aliphatic carboxylic acids is 1. The third-order valence-electron chi connectivity index (χ3n) is 3.60. The van der Waals surface area contributed by atoms with Gasteiger partial charge in [-0.2, -0.15) is 0 Å². The Morgan fingerprint density at radius 3 is 2.60 bits per heavy atom. The largest absolute Gasteiger partial charge is 0.481 e. The van der Waals surface area contributed by atoms with E-state index in [2.05, 4.69) is 21.2 Å². The quantitative estimate of drug-likeness (QED) is 0.862. The van der Waals surface area contributed by atoms with Gasteiger partial charge in [0.15, 0.2) is 0 Å². The number of benzene rings is 1. The summed E-state index contributed by atoms with van der Waals surface area (Å²) in [6.07, 6.45) is 3.19. The first-order chi connectivity index (χ1) is 9.42. The van der Waals surface area contributed by atoms with Crippen molar-refractivity contribution < 1.29 is 14.7 Å². The second-order valence-electron chi connectivity index (χ2n) is 5.14. The molecule has 1 saturated carbocycles. The Bertz CT molecular complexity index is 541. The van der Waals surface area contributed by atoms with E-state index in [4.69, 9.17) is 16.7 Å². The summed E-state index contributed by atoms with van der Waals surface area (Å²) in [5, 5.41) is 12.3. The molecule has 108 valence electrons. The highest BCUT2D eigenvalue weighted by molar-refractivity contribution is 9.10. The maximum atomic E-state index is 12.4. The molecule has 2 N–H and O–H groups in total. The number of halogens is 2. The maximum Gasteiger partial charge on any atom is 0.305 e. The molecule has 1 aromatic carbocycles. The van der Waals surface area contributed by atoms with Gasteiger partial charge in [-0.05, 0) is 31.0 Å². The molecule has 0 atom stereocenters. The average molecular weight is 361 g/mol. The predicted octanol–water partition coefficient (Wildman–Crippen LogP) is 3.62. The molecule has 0 aromatic heterocycles. The first kappa shape index (κ1) is 15.3. The van der Waals surface area contributed by atoms with Crippen LogP contribution in [-0.2, 0) is 4.79 Å². The first-order valence-electron chi connectivity index (χ1n) is 6.41. The smallest absolute Gasteiger partial charge is 0.305 e. The van der Waals surface area contributed by atoms with E-state index in [1.54, 1.807) is 18.2 Å². The summed E-state index contributed by atoms with van der Waals surface area (Å²) in [6, 6.07) is 5.03. The Morgan fingerprint density at radius 2 is 2.00 bits per heavy atom. The maximum absolute atomic E-state index is 12.4. The highest BCUT2D eigenvalue weighted by Gasteiger charge is 2.37. The number of carboxylic acids is 1. The molecule has 1 aromatic rings. The topological polar surface area (TPSA) is 66.4 Å². The standard InChI is InChI=1S/C14H15BrClNO3/c15-9-3-4-11(16)10(7-9)13(20)17-14(8-12(18)19)5-1-2-6-14/h3-4,7H,1-2,5-6,8H2,(H,17,20)(H,18,19). The molecule has 0 bridgehead atoms. The molecular weight excluding hydrogens is 346 g/mol. The molecular formula is C14H15BrClNO3. The van der Waals surface area contributed by atoms with Crippen LogP contribution >= 0.6 is 27.5 Å². The first-order valence-corrected chi connectivity index (χ1v) is 7.58. The number of hydrogen-bond donors (Lipinski definition) is 2. The van der Waals surface area contributed by atoms with Gasteiger partial charge in [-0.1, -0.05) is 40.4 Å². The lowest BCUT2D eigenvalue weighted by Crippen LogP contribution is -2.47. The summed E-state index contributed by atoms with van der Waals surface area (Å²) in [5.41, 5.74) is -0.285. The van der Waals surface area contributed by atoms with E-state index in [1.807, 2.05) is 0 Å². The third kappa shape index (κ3) is 3.52. The summed E-state index contributed by atoms with van der Waals surface area (Å²) >= 11 is 9.33. The summed E-state index contributed by atoms with van der Waals surface area (Å²) < 4.78 is 0.755. The second-order valence-corrected chi connectivity index (χ2v) is 6.46.